The van der Waals surface area contributed by atoms with Gasteiger partial charge in [0.2, 0.25) is 12.6 Å². The van der Waals surface area contributed by atoms with Crippen molar-refractivity contribution in [3.8, 4) is 5.75 Å². The average Bonchev–Trinajstić information content (AvgIpc) is 2.36. The molecule has 1 aromatic carbocycles. The van der Waals surface area contributed by atoms with Gasteiger partial charge in [0.15, 0.2) is 17.1 Å². The van der Waals surface area contributed by atoms with Gasteiger partial charge in [-0.1, -0.05) is 0 Å². The monoisotopic (exact) mass is 284 g/mol. The van der Waals surface area contributed by atoms with Crippen LogP contribution in [0.2, 0.25) is 0 Å². The van der Waals surface area contributed by atoms with Crippen molar-refractivity contribution in [2.24, 2.45) is 0 Å². The Morgan fingerprint density at radius 3 is 2.70 bits per heavy atom. The number of aryl methyl sites for hydroxylation is 1. The average molecular weight is 284 g/mol. The van der Waals surface area contributed by atoms with Crippen LogP contribution in [0.4, 0.5) is 8.78 Å². The first kappa shape index (κ1) is 14.0. The van der Waals surface area contributed by atoms with Gasteiger partial charge in [-0.15, -0.1) is 0 Å². The minimum Gasteiger partial charge on any atom is -0.451 e. The number of carbonyl (C=O) groups excluding carboxylic acids is 1. The van der Waals surface area contributed by atoms with E-state index < -0.39 is 41.4 Å². The van der Waals surface area contributed by atoms with E-state index in [0.29, 0.717) is 0 Å². The van der Waals surface area contributed by atoms with Gasteiger partial charge in [0.1, 0.15) is 0 Å². The van der Waals surface area contributed by atoms with Crippen LogP contribution in [0.5, 0.6) is 5.75 Å². The number of hydrogen-bond acceptors (Lipinski definition) is 5. The second-order valence-corrected chi connectivity index (χ2v) is 4.03. The van der Waals surface area contributed by atoms with Crippen molar-refractivity contribution in [3.05, 3.63) is 39.8 Å². The number of rotatable bonds is 3. The third-order valence-electron chi connectivity index (χ3n) is 2.51. The van der Waals surface area contributed by atoms with Crippen LogP contribution in [-0.4, -0.2) is 12.8 Å². The maximum atomic E-state index is 14.0. The number of carbonyl (C=O) groups is 1. The molecule has 106 valence electrons. The van der Waals surface area contributed by atoms with Crippen LogP contribution in [0.25, 0.3) is 11.0 Å². The molecule has 0 saturated carbocycles. The summed E-state index contributed by atoms with van der Waals surface area (Å²) in [5.41, 5.74) is -0.918. The lowest BCUT2D eigenvalue weighted by Gasteiger charge is -2.09. The highest BCUT2D eigenvalue weighted by molar-refractivity contribution is 5.79. The minimum atomic E-state index is -1.16. The second kappa shape index (κ2) is 5.28. The molecule has 1 heterocycles. The van der Waals surface area contributed by atoms with Gasteiger partial charge in [0.05, 0.1) is 0 Å². The topological polar surface area (TPSA) is 65.7 Å². The summed E-state index contributed by atoms with van der Waals surface area (Å²) in [7, 11) is 0. The van der Waals surface area contributed by atoms with Gasteiger partial charge in [-0.2, -0.15) is 4.39 Å². The third-order valence-corrected chi connectivity index (χ3v) is 2.51. The minimum absolute atomic E-state index is 0.0944. The van der Waals surface area contributed by atoms with E-state index >= 15 is 0 Å². The molecule has 0 unspecified atom stereocenters. The first-order valence-electron chi connectivity index (χ1n) is 5.58. The number of ether oxygens (including phenoxy) is 2. The molecule has 7 heteroatoms. The Kier molecular flexibility index (Phi) is 3.69. The molecule has 0 aliphatic heterocycles. The highest BCUT2D eigenvalue weighted by Crippen LogP contribution is 2.29. The fraction of sp³-hybridized carbons (Fsp3) is 0.231. The van der Waals surface area contributed by atoms with Crippen LogP contribution >= 0.6 is 0 Å². The van der Waals surface area contributed by atoms with Gasteiger partial charge in [-0.05, 0) is 19.1 Å². The van der Waals surface area contributed by atoms with E-state index in [4.69, 9.17) is 9.15 Å². The van der Waals surface area contributed by atoms with E-state index in [1.165, 1.54) is 13.0 Å². The van der Waals surface area contributed by atoms with Crippen LogP contribution in [-0.2, 0) is 9.53 Å². The van der Waals surface area contributed by atoms with Crippen molar-refractivity contribution in [2.45, 2.75) is 13.8 Å². The van der Waals surface area contributed by atoms with Gasteiger partial charge in [-0.25, -0.2) is 9.18 Å². The Balaban J connectivity index is 2.48. The van der Waals surface area contributed by atoms with Crippen LogP contribution in [0.15, 0.2) is 21.3 Å². The van der Waals surface area contributed by atoms with E-state index in [0.717, 1.165) is 13.0 Å². The van der Waals surface area contributed by atoms with Gasteiger partial charge < -0.3 is 13.9 Å². The summed E-state index contributed by atoms with van der Waals surface area (Å²) in [5.74, 6) is -3.58. The summed E-state index contributed by atoms with van der Waals surface area (Å²) in [6, 6.07) is 2.28. The first-order chi connectivity index (χ1) is 9.40. The fourth-order valence-electron chi connectivity index (χ4n) is 1.58. The predicted octanol–water partition coefficient (Wildman–Crippen LogP) is 2.28. The summed E-state index contributed by atoms with van der Waals surface area (Å²) in [6.07, 6.45) is 0. The van der Waals surface area contributed by atoms with Gasteiger partial charge >= 0.3 is 11.6 Å². The lowest BCUT2D eigenvalue weighted by molar-refractivity contribution is -0.147. The van der Waals surface area contributed by atoms with Gasteiger partial charge in [0, 0.05) is 17.9 Å². The third kappa shape index (κ3) is 2.61. The molecule has 0 fully saturated rings. The number of halogens is 2. The number of fused-ring (bicyclic) bond motifs is 1. The van der Waals surface area contributed by atoms with Crippen LogP contribution < -0.4 is 10.4 Å². The Labute approximate surface area is 111 Å². The zero-order valence-electron chi connectivity index (χ0n) is 10.7. The molecule has 0 saturated heterocycles. The Bertz CT molecular complexity index is 736. The van der Waals surface area contributed by atoms with E-state index in [1.807, 2.05) is 0 Å². The zero-order chi connectivity index (χ0) is 14.9. The van der Waals surface area contributed by atoms with Crippen molar-refractivity contribution in [3.63, 3.8) is 0 Å². The molecule has 0 atom stereocenters. The number of benzene rings is 1. The van der Waals surface area contributed by atoms with Crippen LogP contribution in [0, 0.1) is 18.6 Å². The molecule has 0 aliphatic rings. The molecule has 0 radical (unpaired) electrons. The Morgan fingerprint density at radius 1 is 1.35 bits per heavy atom. The molecule has 2 aromatic rings. The van der Waals surface area contributed by atoms with E-state index in [-0.39, 0.29) is 10.9 Å². The lowest BCUT2D eigenvalue weighted by Crippen LogP contribution is -2.10. The molecular formula is C13H10F2O5. The van der Waals surface area contributed by atoms with E-state index in [9.17, 15) is 18.4 Å². The van der Waals surface area contributed by atoms with E-state index in [2.05, 4.69) is 4.74 Å². The first-order valence-corrected chi connectivity index (χ1v) is 5.58. The van der Waals surface area contributed by atoms with Crippen molar-refractivity contribution in [1.82, 2.24) is 0 Å². The Hall–Kier alpha value is -2.44. The molecule has 5 nitrogen and oxygen atoms in total. The summed E-state index contributed by atoms with van der Waals surface area (Å²) in [4.78, 5) is 21.9. The molecule has 0 bridgehead atoms. The van der Waals surface area contributed by atoms with E-state index in [1.54, 1.807) is 0 Å². The highest BCUT2D eigenvalue weighted by Gasteiger charge is 2.18. The molecule has 20 heavy (non-hydrogen) atoms. The molecule has 0 spiro atoms. The summed E-state index contributed by atoms with van der Waals surface area (Å²) >= 11 is 0. The number of esters is 1. The van der Waals surface area contributed by atoms with Gasteiger partial charge in [0.25, 0.3) is 0 Å². The summed E-state index contributed by atoms with van der Waals surface area (Å²) < 4.78 is 41.6. The van der Waals surface area contributed by atoms with Crippen molar-refractivity contribution >= 4 is 16.9 Å². The summed E-state index contributed by atoms with van der Waals surface area (Å²) in [6.45, 7) is 1.94. The second-order valence-electron chi connectivity index (χ2n) is 4.03. The smallest absolute Gasteiger partial charge is 0.339 e. The molecule has 0 N–H and O–H groups in total. The standard InChI is InChI=1S/C13H10F2O5/c1-6-3-8-4-9(14)12(19-5-18-7(2)16)10(15)11(8)20-13(6)17/h3-4H,5H2,1-2H3. The quantitative estimate of drug-likeness (QED) is 0.491. The maximum absolute atomic E-state index is 14.0. The van der Waals surface area contributed by atoms with Crippen LogP contribution in [0.1, 0.15) is 12.5 Å². The molecular weight excluding hydrogens is 274 g/mol. The molecule has 0 amide bonds. The van der Waals surface area contributed by atoms with Crippen molar-refractivity contribution < 1.29 is 27.5 Å². The van der Waals surface area contributed by atoms with Crippen molar-refractivity contribution in [1.29, 1.82) is 0 Å². The van der Waals surface area contributed by atoms with Crippen molar-refractivity contribution in [2.75, 3.05) is 6.79 Å². The zero-order valence-corrected chi connectivity index (χ0v) is 10.7. The highest BCUT2D eigenvalue weighted by atomic mass is 19.1. The SMILES string of the molecule is CC(=O)OCOc1c(F)cc2cc(C)c(=O)oc2c1F. The molecule has 1 aromatic heterocycles. The summed E-state index contributed by atoms with van der Waals surface area (Å²) in [5, 5.41) is 0.0944. The predicted molar refractivity (Wildman–Crippen MR) is 64.4 cm³/mol. The largest absolute Gasteiger partial charge is 0.451 e. The fourth-order valence-corrected chi connectivity index (χ4v) is 1.58. The van der Waals surface area contributed by atoms with Crippen LogP contribution in [0.3, 0.4) is 0 Å². The lowest BCUT2D eigenvalue weighted by atomic mass is 10.2. The molecule has 0 aliphatic carbocycles. The molecule has 2 rings (SSSR count). The number of hydrogen-bond donors (Lipinski definition) is 0. The Morgan fingerprint density at radius 2 is 2.05 bits per heavy atom. The normalized spacial score (nSPS) is 10.6. The van der Waals surface area contributed by atoms with Gasteiger partial charge in [-0.3, -0.25) is 4.79 Å². The maximum Gasteiger partial charge on any atom is 0.339 e.